The molecule has 1 amide bonds. The number of benzene rings is 1. The maximum Gasteiger partial charge on any atom is 0.307 e. The molecule has 5 heteroatoms. The van der Waals surface area contributed by atoms with E-state index in [1.807, 2.05) is 19.9 Å². The number of rotatable bonds is 3. The Kier molecular flexibility index (Phi) is 4.33. The van der Waals surface area contributed by atoms with Crippen LogP contribution in [0.3, 0.4) is 0 Å². The van der Waals surface area contributed by atoms with E-state index < -0.39 is 17.8 Å². The fraction of sp³-hybridized carbons (Fsp3) is 0.467. The van der Waals surface area contributed by atoms with Gasteiger partial charge in [-0.15, -0.1) is 0 Å². The summed E-state index contributed by atoms with van der Waals surface area (Å²) in [7, 11) is 0. The largest absolute Gasteiger partial charge is 0.481 e. The van der Waals surface area contributed by atoms with E-state index in [-0.39, 0.29) is 11.8 Å². The second-order valence-electron chi connectivity index (χ2n) is 5.58. The van der Waals surface area contributed by atoms with Crippen molar-refractivity contribution in [2.45, 2.75) is 26.7 Å². The number of aliphatic carboxylic acids is 1. The monoisotopic (exact) mass is 295 g/mol. The number of aryl methyl sites for hydroxylation is 1. The SMILES string of the molecule is Cc1ccc(NC(=O)[C@H]2CC(C)C[C@H]2C(=O)O)cc1Cl. The Morgan fingerprint density at radius 2 is 1.95 bits per heavy atom. The topological polar surface area (TPSA) is 66.4 Å². The summed E-state index contributed by atoms with van der Waals surface area (Å²) >= 11 is 6.01. The molecular formula is C15H18ClNO3. The molecule has 0 saturated heterocycles. The summed E-state index contributed by atoms with van der Waals surface area (Å²) in [6.07, 6.45) is 1.17. The fourth-order valence-electron chi connectivity index (χ4n) is 2.76. The highest BCUT2D eigenvalue weighted by Gasteiger charge is 2.41. The highest BCUT2D eigenvalue weighted by atomic mass is 35.5. The molecule has 0 aliphatic heterocycles. The second kappa shape index (κ2) is 5.83. The minimum atomic E-state index is -0.892. The molecule has 0 spiro atoms. The maximum atomic E-state index is 12.3. The van der Waals surface area contributed by atoms with E-state index in [2.05, 4.69) is 5.32 Å². The van der Waals surface area contributed by atoms with Crippen LogP contribution in [0.25, 0.3) is 0 Å². The van der Waals surface area contributed by atoms with Crippen LogP contribution < -0.4 is 5.32 Å². The van der Waals surface area contributed by atoms with Crippen molar-refractivity contribution in [3.05, 3.63) is 28.8 Å². The van der Waals surface area contributed by atoms with Crippen LogP contribution in [0.1, 0.15) is 25.3 Å². The van der Waals surface area contributed by atoms with Gasteiger partial charge in [-0.25, -0.2) is 0 Å². The van der Waals surface area contributed by atoms with Gasteiger partial charge >= 0.3 is 5.97 Å². The lowest BCUT2D eigenvalue weighted by Gasteiger charge is -2.15. The minimum absolute atomic E-state index is 0.235. The molecule has 1 aromatic carbocycles. The third-order valence-corrected chi connectivity index (χ3v) is 4.30. The van der Waals surface area contributed by atoms with Crippen LogP contribution in [-0.4, -0.2) is 17.0 Å². The summed E-state index contributed by atoms with van der Waals surface area (Å²) in [5.74, 6) is -1.93. The minimum Gasteiger partial charge on any atom is -0.481 e. The number of carbonyl (C=O) groups excluding carboxylic acids is 1. The van der Waals surface area contributed by atoms with Crippen molar-refractivity contribution in [1.29, 1.82) is 0 Å². The van der Waals surface area contributed by atoms with Gasteiger partial charge in [-0.05, 0) is 43.4 Å². The summed E-state index contributed by atoms with van der Waals surface area (Å²) in [5, 5.41) is 12.5. The smallest absolute Gasteiger partial charge is 0.307 e. The lowest BCUT2D eigenvalue weighted by atomic mass is 9.95. The molecule has 1 saturated carbocycles. The zero-order chi connectivity index (χ0) is 14.9. The average molecular weight is 296 g/mol. The van der Waals surface area contributed by atoms with Crippen LogP contribution in [-0.2, 0) is 9.59 Å². The summed E-state index contributed by atoms with van der Waals surface area (Å²) in [4.78, 5) is 23.5. The van der Waals surface area contributed by atoms with E-state index in [0.29, 0.717) is 23.6 Å². The van der Waals surface area contributed by atoms with Crippen LogP contribution >= 0.6 is 11.6 Å². The normalized spacial score (nSPS) is 25.4. The van der Waals surface area contributed by atoms with Gasteiger partial charge in [0.15, 0.2) is 0 Å². The zero-order valence-electron chi connectivity index (χ0n) is 11.5. The highest BCUT2D eigenvalue weighted by molar-refractivity contribution is 6.31. The Morgan fingerprint density at radius 1 is 1.30 bits per heavy atom. The lowest BCUT2D eigenvalue weighted by molar-refractivity contribution is -0.145. The van der Waals surface area contributed by atoms with Crippen molar-refractivity contribution in [3.8, 4) is 0 Å². The van der Waals surface area contributed by atoms with E-state index in [1.54, 1.807) is 12.1 Å². The molecule has 2 rings (SSSR count). The summed E-state index contributed by atoms with van der Waals surface area (Å²) in [6.45, 7) is 3.86. The number of hydrogen-bond donors (Lipinski definition) is 2. The quantitative estimate of drug-likeness (QED) is 0.899. The number of anilines is 1. The average Bonchev–Trinajstić information content (AvgIpc) is 2.76. The Bertz CT molecular complexity index is 544. The molecule has 0 bridgehead atoms. The van der Waals surface area contributed by atoms with Crippen LogP contribution in [0, 0.1) is 24.7 Å². The third-order valence-electron chi connectivity index (χ3n) is 3.89. The number of nitrogens with one attached hydrogen (secondary N) is 1. The molecular weight excluding hydrogens is 278 g/mol. The molecule has 0 radical (unpaired) electrons. The number of halogens is 1. The van der Waals surface area contributed by atoms with Gasteiger partial charge in [-0.2, -0.15) is 0 Å². The molecule has 0 aromatic heterocycles. The van der Waals surface area contributed by atoms with E-state index >= 15 is 0 Å². The van der Waals surface area contributed by atoms with E-state index in [9.17, 15) is 14.7 Å². The summed E-state index contributed by atoms with van der Waals surface area (Å²) in [6, 6.07) is 5.28. The molecule has 3 atom stereocenters. The number of hydrogen-bond acceptors (Lipinski definition) is 2. The second-order valence-corrected chi connectivity index (χ2v) is 5.99. The van der Waals surface area contributed by atoms with Crippen LogP contribution in [0.15, 0.2) is 18.2 Å². The number of carbonyl (C=O) groups is 2. The van der Waals surface area contributed by atoms with Crippen molar-refractivity contribution in [1.82, 2.24) is 0 Å². The lowest BCUT2D eigenvalue weighted by Crippen LogP contribution is -2.29. The molecule has 1 unspecified atom stereocenters. The Morgan fingerprint density at radius 3 is 2.55 bits per heavy atom. The molecule has 0 heterocycles. The standard InChI is InChI=1S/C15H18ClNO3/c1-8-5-11(12(6-8)15(19)20)14(18)17-10-4-3-9(2)13(16)7-10/h3-4,7-8,11-12H,5-6H2,1-2H3,(H,17,18)(H,19,20)/t8?,11-,12+/m0/s1. The molecule has 1 aliphatic rings. The van der Waals surface area contributed by atoms with Crippen molar-refractivity contribution in [3.63, 3.8) is 0 Å². The van der Waals surface area contributed by atoms with E-state index in [4.69, 9.17) is 11.6 Å². The maximum absolute atomic E-state index is 12.3. The van der Waals surface area contributed by atoms with Gasteiger partial charge in [0.25, 0.3) is 0 Å². The van der Waals surface area contributed by atoms with Gasteiger partial charge in [0, 0.05) is 10.7 Å². The van der Waals surface area contributed by atoms with Crippen LogP contribution in [0.2, 0.25) is 5.02 Å². The van der Waals surface area contributed by atoms with Crippen molar-refractivity contribution in [2.75, 3.05) is 5.32 Å². The highest BCUT2D eigenvalue weighted by Crippen LogP contribution is 2.37. The number of carboxylic acid groups (broad SMARTS) is 1. The van der Waals surface area contributed by atoms with Gasteiger partial charge in [-0.1, -0.05) is 24.6 Å². The first kappa shape index (κ1) is 14.9. The number of amides is 1. The molecule has 4 nitrogen and oxygen atoms in total. The first-order valence-electron chi connectivity index (χ1n) is 6.68. The van der Waals surface area contributed by atoms with E-state index in [0.717, 1.165) is 5.56 Å². The predicted molar refractivity (Wildman–Crippen MR) is 77.8 cm³/mol. The Balaban J connectivity index is 2.11. The Hall–Kier alpha value is -1.55. The third kappa shape index (κ3) is 3.12. The fourth-order valence-corrected chi connectivity index (χ4v) is 2.94. The van der Waals surface area contributed by atoms with Crippen LogP contribution in [0.5, 0.6) is 0 Å². The molecule has 1 fully saturated rings. The van der Waals surface area contributed by atoms with Crippen LogP contribution in [0.4, 0.5) is 5.69 Å². The summed E-state index contributed by atoms with van der Waals surface area (Å²) in [5.41, 5.74) is 1.54. The first-order valence-corrected chi connectivity index (χ1v) is 7.06. The van der Waals surface area contributed by atoms with E-state index in [1.165, 1.54) is 0 Å². The summed E-state index contributed by atoms with van der Waals surface area (Å²) < 4.78 is 0. The van der Waals surface area contributed by atoms with Crippen molar-refractivity contribution >= 4 is 29.2 Å². The predicted octanol–water partition coefficient (Wildman–Crippen LogP) is 3.33. The molecule has 108 valence electrons. The first-order chi connectivity index (χ1) is 9.38. The van der Waals surface area contributed by atoms with Gasteiger partial charge < -0.3 is 10.4 Å². The number of carboxylic acids is 1. The van der Waals surface area contributed by atoms with Crippen molar-refractivity contribution in [2.24, 2.45) is 17.8 Å². The molecule has 1 aliphatic carbocycles. The van der Waals surface area contributed by atoms with Gasteiger partial charge in [0.05, 0.1) is 11.8 Å². The molecule has 20 heavy (non-hydrogen) atoms. The van der Waals surface area contributed by atoms with Gasteiger partial charge in [0.1, 0.15) is 0 Å². The van der Waals surface area contributed by atoms with Gasteiger partial charge in [0.2, 0.25) is 5.91 Å². The molecule has 1 aromatic rings. The Labute approximate surface area is 123 Å². The van der Waals surface area contributed by atoms with Gasteiger partial charge in [-0.3, -0.25) is 9.59 Å². The zero-order valence-corrected chi connectivity index (χ0v) is 12.3. The molecule has 2 N–H and O–H groups in total. The van der Waals surface area contributed by atoms with Crippen molar-refractivity contribution < 1.29 is 14.7 Å².